The molecule has 1 aliphatic heterocycles. The monoisotopic (exact) mass is 340 g/mol. The van der Waals surface area contributed by atoms with E-state index in [1.165, 1.54) is 11.1 Å². The van der Waals surface area contributed by atoms with Gasteiger partial charge in [-0.25, -0.2) is 4.79 Å². The molecule has 0 unspecified atom stereocenters. The molecule has 5 nitrogen and oxygen atoms in total. The van der Waals surface area contributed by atoms with E-state index in [-0.39, 0.29) is 12.1 Å². The van der Waals surface area contributed by atoms with Crippen molar-refractivity contribution in [3.8, 4) is 11.5 Å². The summed E-state index contributed by atoms with van der Waals surface area (Å²) in [7, 11) is 3.18. The van der Waals surface area contributed by atoms with Gasteiger partial charge in [0, 0.05) is 12.6 Å². The molecule has 0 saturated carbocycles. The molecule has 0 radical (unpaired) electrons. The quantitative estimate of drug-likeness (QED) is 0.898. The van der Waals surface area contributed by atoms with Crippen molar-refractivity contribution >= 4 is 11.7 Å². The number of carbonyl (C=O) groups is 1. The summed E-state index contributed by atoms with van der Waals surface area (Å²) in [4.78, 5) is 14.7. The Kier molecular flexibility index (Phi) is 5.12. The molecule has 2 aromatic rings. The van der Waals surface area contributed by atoms with Crippen LogP contribution in [0, 0.1) is 6.92 Å². The van der Waals surface area contributed by atoms with Gasteiger partial charge in [-0.2, -0.15) is 0 Å². The zero-order chi connectivity index (χ0) is 17.8. The van der Waals surface area contributed by atoms with Gasteiger partial charge in [-0.3, -0.25) is 0 Å². The molecule has 1 fully saturated rings. The standard InChI is InChI=1S/C20H24N2O3/c1-14-6-4-7-15(12-14)18-8-5-11-22(18)20(23)21-17-10-9-16(24-2)13-19(17)25-3/h4,6-7,9-10,12-13,18H,5,8,11H2,1-3H3,(H,21,23)/t18-/m1/s1. The zero-order valence-electron chi connectivity index (χ0n) is 14.9. The lowest BCUT2D eigenvalue weighted by atomic mass is 10.0. The lowest BCUT2D eigenvalue weighted by molar-refractivity contribution is 0.207. The largest absolute Gasteiger partial charge is 0.497 e. The molecule has 0 spiro atoms. The Morgan fingerprint density at radius 1 is 1.16 bits per heavy atom. The third-order valence-corrected chi connectivity index (χ3v) is 4.59. The highest BCUT2D eigenvalue weighted by Crippen LogP contribution is 2.34. The first kappa shape index (κ1) is 17.1. The van der Waals surface area contributed by atoms with Gasteiger partial charge in [0.15, 0.2) is 0 Å². The van der Waals surface area contributed by atoms with Crippen molar-refractivity contribution in [2.24, 2.45) is 0 Å². The predicted molar refractivity (Wildman–Crippen MR) is 98.4 cm³/mol. The number of hydrogen-bond donors (Lipinski definition) is 1. The fourth-order valence-electron chi connectivity index (χ4n) is 3.32. The maximum Gasteiger partial charge on any atom is 0.322 e. The Morgan fingerprint density at radius 3 is 2.72 bits per heavy atom. The molecule has 5 heteroatoms. The number of ether oxygens (including phenoxy) is 2. The Morgan fingerprint density at radius 2 is 2.00 bits per heavy atom. The van der Waals surface area contributed by atoms with Crippen molar-refractivity contribution in [2.45, 2.75) is 25.8 Å². The molecule has 1 saturated heterocycles. The van der Waals surface area contributed by atoms with Crippen molar-refractivity contribution < 1.29 is 14.3 Å². The molecule has 1 aliphatic rings. The minimum absolute atomic E-state index is 0.104. The number of benzene rings is 2. The average molecular weight is 340 g/mol. The van der Waals surface area contributed by atoms with Gasteiger partial charge in [-0.1, -0.05) is 29.8 Å². The van der Waals surface area contributed by atoms with Crippen LogP contribution in [0.3, 0.4) is 0 Å². The summed E-state index contributed by atoms with van der Waals surface area (Å²) in [6.07, 6.45) is 1.99. The van der Waals surface area contributed by atoms with Crippen molar-refractivity contribution in [1.29, 1.82) is 0 Å². The maximum atomic E-state index is 12.8. The second-order valence-electron chi connectivity index (χ2n) is 6.26. The van der Waals surface area contributed by atoms with E-state index in [1.807, 2.05) is 11.0 Å². The number of urea groups is 1. The van der Waals surface area contributed by atoms with Gasteiger partial charge >= 0.3 is 6.03 Å². The van der Waals surface area contributed by atoms with Crippen LogP contribution in [0.4, 0.5) is 10.5 Å². The van der Waals surface area contributed by atoms with Crippen LogP contribution in [0.2, 0.25) is 0 Å². The van der Waals surface area contributed by atoms with E-state index in [4.69, 9.17) is 9.47 Å². The van der Waals surface area contributed by atoms with Gasteiger partial charge in [0.2, 0.25) is 0 Å². The Hall–Kier alpha value is -2.69. The summed E-state index contributed by atoms with van der Waals surface area (Å²) in [6, 6.07) is 13.8. The number of amides is 2. The van der Waals surface area contributed by atoms with Crippen LogP contribution in [0.1, 0.15) is 30.0 Å². The molecule has 2 amide bonds. The normalized spacial score (nSPS) is 16.6. The second-order valence-corrected chi connectivity index (χ2v) is 6.26. The SMILES string of the molecule is COc1ccc(NC(=O)N2CCC[C@@H]2c2cccc(C)c2)c(OC)c1. The van der Waals surface area contributed by atoms with E-state index in [1.54, 1.807) is 32.4 Å². The van der Waals surface area contributed by atoms with E-state index in [9.17, 15) is 4.79 Å². The molecule has 1 N–H and O–H groups in total. The van der Waals surface area contributed by atoms with E-state index in [0.29, 0.717) is 17.2 Å². The maximum absolute atomic E-state index is 12.8. The molecule has 2 aromatic carbocycles. The third kappa shape index (κ3) is 3.71. The second kappa shape index (κ2) is 7.47. The zero-order valence-corrected chi connectivity index (χ0v) is 14.9. The van der Waals surface area contributed by atoms with Crippen LogP contribution in [0.5, 0.6) is 11.5 Å². The number of likely N-dealkylation sites (tertiary alicyclic amines) is 1. The highest BCUT2D eigenvalue weighted by molar-refractivity contribution is 5.91. The summed E-state index contributed by atoms with van der Waals surface area (Å²) >= 11 is 0. The van der Waals surface area contributed by atoms with Gasteiger partial charge in [0.25, 0.3) is 0 Å². The number of anilines is 1. The smallest absolute Gasteiger partial charge is 0.322 e. The van der Waals surface area contributed by atoms with Gasteiger partial charge in [-0.15, -0.1) is 0 Å². The van der Waals surface area contributed by atoms with Crippen molar-refractivity contribution in [3.05, 3.63) is 53.6 Å². The first-order valence-corrected chi connectivity index (χ1v) is 8.48. The molecule has 0 aromatic heterocycles. The number of hydrogen-bond acceptors (Lipinski definition) is 3. The Balaban J connectivity index is 1.78. The average Bonchev–Trinajstić information content (AvgIpc) is 3.12. The molecule has 25 heavy (non-hydrogen) atoms. The number of aryl methyl sites for hydroxylation is 1. The van der Waals surface area contributed by atoms with Crippen LogP contribution in [-0.2, 0) is 0 Å². The molecule has 0 aliphatic carbocycles. The number of carbonyl (C=O) groups excluding carboxylic acids is 1. The van der Waals surface area contributed by atoms with E-state index in [2.05, 4.69) is 30.4 Å². The van der Waals surface area contributed by atoms with Gasteiger partial charge < -0.3 is 19.7 Å². The molecule has 1 heterocycles. The molecule has 0 bridgehead atoms. The van der Waals surface area contributed by atoms with Crippen LogP contribution in [0.15, 0.2) is 42.5 Å². The van der Waals surface area contributed by atoms with Crippen LogP contribution >= 0.6 is 0 Å². The molecule has 3 rings (SSSR count). The minimum Gasteiger partial charge on any atom is -0.497 e. The highest BCUT2D eigenvalue weighted by atomic mass is 16.5. The van der Waals surface area contributed by atoms with Crippen LogP contribution < -0.4 is 14.8 Å². The molecule has 132 valence electrons. The van der Waals surface area contributed by atoms with Crippen LogP contribution in [-0.4, -0.2) is 31.7 Å². The minimum atomic E-state index is -0.104. The fourth-order valence-corrected chi connectivity index (χ4v) is 3.32. The lowest BCUT2D eigenvalue weighted by Crippen LogP contribution is -2.34. The first-order valence-electron chi connectivity index (χ1n) is 8.48. The van der Waals surface area contributed by atoms with E-state index < -0.39 is 0 Å². The summed E-state index contributed by atoms with van der Waals surface area (Å²) in [6.45, 7) is 2.83. The van der Waals surface area contributed by atoms with Gasteiger partial charge in [0.1, 0.15) is 11.5 Å². The number of nitrogens with zero attached hydrogens (tertiary/aromatic N) is 1. The van der Waals surface area contributed by atoms with Crippen LogP contribution in [0.25, 0.3) is 0 Å². The van der Waals surface area contributed by atoms with E-state index >= 15 is 0 Å². The highest BCUT2D eigenvalue weighted by Gasteiger charge is 2.30. The van der Waals surface area contributed by atoms with Gasteiger partial charge in [-0.05, 0) is 37.5 Å². The molecular formula is C20H24N2O3. The van der Waals surface area contributed by atoms with Crippen molar-refractivity contribution in [2.75, 3.05) is 26.1 Å². The molecular weight excluding hydrogens is 316 g/mol. The third-order valence-electron chi connectivity index (χ3n) is 4.59. The van der Waals surface area contributed by atoms with E-state index in [0.717, 1.165) is 19.4 Å². The Bertz CT molecular complexity index is 760. The predicted octanol–water partition coefficient (Wildman–Crippen LogP) is 4.38. The fraction of sp³-hybridized carbons (Fsp3) is 0.350. The number of rotatable bonds is 4. The summed E-state index contributed by atoms with van der Waals surface area (Å²) in [5, 5.41) is 2.98. The topological polar surface area (TPSA) is 50.8 Å². The van der Waals surface area contributed by atoms with Crippen molar-refractivity contribution in [3.63, 3.8) is 0 Å². The first-order chi connectivity index (χ1) is 12.1. The summed E-state index contributed by atoms with van der Waals surface area (Å²) in [5.74, 6) is 1.27. The number of nitrogens with one attached hydrogen (secondary N) is 1. The lowest BCUT2D eigenvalue weighted by Gasteiger charge is -2.26. The van der Waals surface area contributed by atoms with Gasteiger partial charge in [0.05, 0.1) is 25.9 Å². The number of methoxy groups -OCH3 is 2. The summed E-state index contributed by atoms with van der Waals surface area (Å²) in [5.41, 5.74) is 3.04. The summed E-state index contributed by atoms with van der Waals surface area (Å²) < 4.78 is 10.6. The van der Waals surface area contributed by atoms with Crippen molar-refractivity contribution in [1.82, 2.24) is 4.90 Å². The molecule has 1 atom stereocenters. The Labute approximate surface area is 148 Å².